The lowest BCUT2D eigenvalue weighted by Crippen LogP contribution is -2.37. The Labute approximate surface area is 174 Å². The number of para-hydroxylation sites is 2. The van der Waals surface area contributed by atoms with E-state index in [9.17, 15) is 0 Å². The summed E-state index contributed by atoms with van der Waals surface area (Å²) in [5.74, 6) is 2.21. The Bertz CT molecular complexity index is 1150. The van der Waals surface area contributed by atoms with E-state index in [0.717, 1.165) is 47.0 Å². The Morgan fingerprint density at radius 1 is 0.933 bits per heavy atom. The zero-order valence-electron chi connectivity index (χ0n) is 16.8. The fourth-order valence-electron chi connectivity index (χ4n) is 3.50. The topological polar surface area (TPSA) is 76.3 Å². The summed E-state index contributed by atoms with van der Waals surface area (Å²) in [6.07, 6.45) is 1.69. The fraction of sp³-hybridized carbons (Fsp3) is 0.261. The summed E-state index contributed by atoms with van der Waals surface area (Å²) >= 11 is 0. The SMILES string of the molecule is Cc1ccc(-c2nc(CNc3nc4ccccc4nc3N3CCOCC3)co2)cc1. The number of aryl methyl sites for hydroxylation is 1. The minimum atomic E-state index is 0.500. The van der Waals surface area contributed by atoms with Crippen LogP contribution in [-0.2, 0) is 11.3 Å². The Hall–Kier alpha value is -3.45. The van der Waals surface area contributed by atoms with Gasteiger partial charge in [0, 0.05) is 18.7 Å². The summed E-state index contributed by atoms with van der Waals surface area (Å²) in [5, 5.41) is 3.41. The van der Waals surface area contributed by atoms with Crippen LogP contribution < -0.4 is 10.2 Å². The van der Waals surface area contributed by atoms with Crippen molar-refractivity contribution in [1.29, 1.82) is 0 Å². The average Bonchev–Trinajstić information content (AvgIpc) is 3.27. The fourth-order valence-corrected chi connectivity index (χ4v) is 3.50. The molecule has 4 aromatic rings. The van der Waals surface area contributed by atoms with Gasteiger partial charge in [-0.15, -0.1) is 0 Å². The first kappa shape index (κ1) is 18.6. The second-order valence-electron chi connectivity index (χ2n) is 7.35. The molecular formula is C23H23N5O2. The molecule has 0 aliphatic carbocycles. The molecule has 3 heterocycles. The number of nitrogens with zero attached hydrogens (tertiary/aromatic N) is 4. The molecule has 1 fully saturated rings. The Morgan fingerprint density at radius 3 is 2.43 bits per heavy atom. The van der Waals surface area contributed by atoms with Crippen LogP contribution in [0.25, 0.3) is 22.5 Å². The van der Waals surface area contributed by atoms with Crippen molar-refractivity contribution in [2.45, 2.75) is 13.5 Å². The second kappa shape index (κ2) is 8.12. The summed E-state index contributed by atoms with van der Waals surface area (Å²) in [7, 11) is 0. The predicted molar refractivity (Wildman–Crippen MR) is 117 cm³/mol. The normalized spacial score (nSPS) is 14.2. The molecule has 7 heteroatoms. The van der Waals surface area contributed by atoms with Crippen LogP contribution in [0.2, 0.25) is 0 Å². The molecule has 0 bridgehead atoms. The van der Waals surface area contributed by atoms with Crippen molar-refractivity contribution in [1.82, 2.24) is 15.0 Å². The molecule has 1 aliphatic rings. The number of benzene rings is 2. The van der Waals surface area contributed by atoms with Crippen molar-refractivity contribution < 1.29 is 9.15 Å². The standard InChI is InChI=1S/C23H23N5O2/c1-16-6-8-17(9-7-16)23-25-18(15-30-23)14-24-21-22(28-10-12-29-13-11-28)27-20-5-3-2-4-19(20)26-21/h2-9,15H,10-14H2,1H3,(H,24,26). The van der Waals surface area contributed by atoms with Crippen molar-refractivity contribution in [3.63, 3.8) is 0 Å². The monoisotopic (exact) mass is 401 g/mol. The third-order valence-corrected chi connectivity index (χ3v) is 5.15. The number of anilines is 2. The van der Waals surface area contributed by atoms with Gasteiger partial charge in [-0.3, -0.25) is 0 Å². The van der Waals surface area contributed by atoms with Gasteiger partial charge in [0.25, 0.3) is 0 Å². The highest BCUT2D eigenvalue weighted by Gasteiger charge is 2.19. The first-order valence-electron chi connectivity index (χ1n) is 10.1. The van der Waals surface area contributed by atoms with Crippen LogP contribution in [-0.4, -0.2) is 41.3 Å². The maximum Gasteiger partial charge on any atom is 0.226 e. The van der Waals surface area contributed by atoms with Gasteiger partial charge in [-0.25, -0.2) is 15.0 Å². The lowest BCUT2D eigenvalue weighted by Gasteiger charge is -2.29. The van der Waals surface area contributed by atoms with E-state index in [0.29, 0.717) is 25.6 Å². The van der Waals surface area contributed by atoms with Gasteiger partial charge < -0.3 is 19.4 Å². The summed E-state index contributed by atoms with van der Waals surface area (Å²) < 4.78 is 11.2. The molecule has 0 atom stereocenters. The number of aromatic nitrogens is 3. The number of fused-ring (bicyclic) bond motifs is 1. The summed E-state index contributed by atoms with van der Waals surface area (Å²) in [6, 6.07) is 16.1. The van der Waals surface area contributed by atoms with Crippen LogP contribution in [0.15, 0.2) is 59.2 Å². The highest BCUT2D eigenvalue weighted by Crippen LogP contribution is 2.26. The maximum atomic E-state index is 5.68. The zero-order valence-corrected chi connectivity index (χ0v) is 16.8. The molecule has 0 unspecified atom stereocenters. The Kier molecular flexibility index (Phi) is 5.03. The van der Waals surface area contributed by atoms with Crippen molar-refractivity contribution in [3.8, 4) is 11.5 Å². The number of rotatable bonds is 5. The lowest BCUT2D eigenvalue weighted by atomic mass is 10.1. The first-order valence-corrected chi connectivity index (χ1v) is 10.1. The molecule has 2 aromatic heterocycles. The van der Waals surface area contributed by atoms with Crippen LogP contribution in [0.5, 0.6) is 0 Å². The molecule has 5 rings (SSSR count). The number of oxazole rings is 1. The quantitative estimate of drug-likeness (QED) is 0.541. The summed E-state index contributed by atoms with van der Waals surface area (Å²) in [6.45, 7) is 5.53. The van der Waals surface area contributed by atoms with Gasteiger partial charge in [-0.1, -0.05) is 29.8 Å². The van der Waals surface area contributed by atoms with Gasteiger partial charge in [0.05, 0.1) is 36.5 Å². The van der Waals surface area contributed by atoms with Crippen molar-refractivity contribution >= 4 is 22.7 Å². The number of morpholine rings is 1. The van der Waals surface area contributed by atoms with Crippen LogP contribution in [0, 0.1) is 6.92 Å². The molecule has 0 spiro atoms. The van der Waals surface area contributed by atoms with Gasteiger partial charge in [-0.2, -0.15) is 0 Å². The van der Waals surface area contributed by atoms with E-state index in [1.54, 1.807) is 6.26 Å². The van der Waals surface area contributed by atoms with Gasteiger partial charge in [0.15, 0.2) is 11.6 Å². The van der Waals surface area contributed by atoms with E-state index in [2.05, 4.69) is 34.3 Å². The van der Waals surface area contributed by atoms with Gasteiger partial charge in [0.1, 0.15) is 6.26 Å². The number of ether oxygens (including phenoxy) is 1. The third-order valence-electron chi connectivity index (χ3n) is 5.15. The van der Waals surface area contributed by atoms with E-state index in [1.165, 1.54) is 5.56 Å². The molecule has 2 aromatic carbocycles. The Balaban J connectivity index is 1.40. The van der Waals surface area contributed by atoms with Gasteiger partial charge >= 0.3 is 0 Å². The minimum Gasteiger partial charge on any atom is -0.444 e. The minimum absolute atomic E-state index is 0.500. The molecule has 0 amide bonds. The third kappa shape index (κ3) is 3.84. The lowest BCUT2D eigenvalue weighted by molar-refractivity contribution is 0.122. The first-order chi connectivity index (χ1) is 14.8. The van der Waals surface area contributed by atoms with Crippen molar-refractivity contribution in [3.05, 3.63) is 66.1 Å². The molecule has 1 saturated heterocycles. The zero-order chi connectivity index (χ0) is 20.3. The molecule has 1 aliphatic heterocycles. The molecule has 7 nitrogen and oxygen atoms in total. The maximum absolute atomic E-state index is 5.68. The predicted octanol–water partition coefficient (Wildman–Crippen LogP) is 4.04. The molecule has 30 heavy (non-hydrogen) atoms. The molecular weight excluding hydrogens is 378 g/mol. The largest absolute Gasteiger partial charge is 0.444 e. The number of hydrogen-bond donors (Lipinski definition) is 1. The van der Waals surface area contributed by atoms with Gasteiger partial charge in [0.2, 0.25) is 5.89 Å². The van der Waals surface area contributed by atoms with E-state index < -0.39 is 0 Å². The van der Waals surface area contributed by atoms with E-state index >= 15 is 0 Å². The van der Waals surface area contributed by atoms with E-state index in [-0.39, 0.29) is 0 Å². The molecule has 152 valence electrons. The molecule has 0 saturated carbocycles. The summed E-state index contributed by atoms with van der Waals surface area (Å²) in [4.78, 5) is 16.5. The van der Waals surface area contributed by atoms with E-state index in [4.69, 9.17) is 19.1 Å². The second-order valence-corrected chi connectivity index (χ2v) is 7.35. The number of nitrogens with one attached hydrogen (secondary N) is 1. The van der Waals surface area contributed by atoms with Crippen LogP contribution in [0.3, 0.4) is 0 Å². The average molecular weight is 401 g/mol. The van der Waals surface area contributed by atoms with E-state index in [1.807, 2.05) is 36.4 Å². The van der Waals surface area contributed by atoms with Gasteiger partial charge in [-0.05, 0) is 31.2 Å². The van der Waals surface area contributed by atoms with Crippen molar-refractivity contribution in [2.75, 3.05) is 36.5 Å². The highest BCUT2D eigenvalue weighted by atomic mass is 16.5. The molecule has 0 radical (unpaired) electrons. The highest BCUT2D eigenvalue weighted by molar-refractivity contribution is 5.80. The summed E-state index contributed by atoms with van der Waals surface area (Å²) in [5.41, 5.74) is 4.72. The Morgan fingerprint density at radius 2 is 1.67 bits per heavy atom. The molecule has 1 N–H and O–H groups in total. The van der Waals surface area contributed by atoms with Crippen LogP contribution in [0.4, 0.5) is 11.6 Å². The van der Waals surface area contributed by atoms with Crippen molar-refractivity contribution in [2.24, 2.45) is 0 Å². The van der Waals surface area contributed by atoms with Crippen LogP contribution in [0.1, 0.15) is 11.3 Å². The number of hydrogen-bond acceptors (Lipinski definition) is 7. The smallest absolute Gasteiger partial charge is 0.226 e. The van der Waals surface area contributed by atoms with Crippen LogP contribution >= 0.6 is 0 Å².